The fourth-order valence-corrected chi connectivity index (χ4v) is 3.81. The summed E-state index contributed by atoms with van der Waals surface area (Å²) in [6.45, 7) is 8.43. The van der Waals surface area contributed by atoms with E-state index < -0.39 is 11.9 Å². The molecule has 6 heteroatoms. The van der Waals surface area contributed by atoms with Crippen LogP contribution in [0.3, 0.4) is 0 Å². The van der Waals surface area contributed by atoms with Crippen molar-refractivity contribution in [2.45, 2.75) is 46.7 Å². The second-order valence-electron chi connectivity index (χ2n) is 7.93. The molecule has 1 unspecified atom stereocenters. The minimum absolute atomic E-state index is 0.0438. The number of rotatable bonds is 7. The summed E-state index contributed by atoms with van der Waals surface area (Å²) < 4.78 is 7.35. The minimum Gasteiger partial charge on any atom is -0.457 e. The highest BCUT2D eigenvalue weighted by atomic mass is 16.5. The van der Waals surface area contributed by atoms with Crippen molar-refractivity contribution in [3.8, 4) is 0 Å². The van der Waals surface area contributed by atoms with E-state index in [0.717, 1.165) is 17.0 Å². The molecular formula is C23H28N2O4. The number of ketones is 1. The van der Waals surface area contributed by atoms with Crippen LogP contribution in [0.25, 0.3) is 0 Å². The van der Waals surface area contributed by atoms with E-state index in [-0.39, 0.29) is 30.8 Å². The van der Waals surface area contributed by atoms with Gasteiger partial charge in [-0.25, -0.2) is 0 Å². The standard InChI is InChI=1S/C23H28N2O4/c1-15(2)24-13-19(11-22(24)27)23(28)29-14-21(26)20-10-16(3)25(17(20)4)12-18-8-6-5-7-9-18/h5-10,15,19H,11-14H2,1-4H3. The molecule has 3 rings (SSSR count). The van der Waals surface area contributed by atoms with Crippen LogP contribution in [0.15, 0.2) is 36.4 Å². The van der Waals surface area contributed by atoms with E-state index in [2.05, 4.69) is 4.57 Å². The lowest BCUT2D eigenvalue weighted by molar-refractivity contribution is -0.147. The van der Waals surface area contributed by atoms with Crippen LogP contribution in [0.1, 0.15) is 47.6 Å². The Morgan fingerprint density at radius 3 is 2.48 bits per heavy atom. The zero-order chi connectivity index (χ0) is 21.1. The Kier molecular flexibility index (Phi) is 6.20. The number of aromatic nitrogens is 1. The molecule has 29 heavy (non-hydrogen) atoms. The summed E-state index contributed by atoms with van der Waals surface area (Å²) in [5.74, 6) is -1.25. The van der Waals surface area contributed by atoms with Gasteiger partial charge in [-0.05, 0) is 39.3 Å². The third-order valence-corrected chi connectivity index (χ3v) is 5.52. The van der Waals surface area contributed by atoms with Gasteiger partial charge < -0.3 is 14.2 Å². The molecule has 0 spiro atoms. The van der Waals surface area contributed by atoms with Crippen LogP contribution < -0.4 is 0 Å². The minimum atomic E-state index is -0.497. The summed E-state index contributed by atoms with van der Waals surface area (Å²) in [7, 11) is 0. The maximum atomic E-state index is 12.7. The predicted molar refractivity (Wildman–Crippen MR) is 110 cm³/mol. The van der Waals surface area contributed by atoms with Crippen LogP contribution in [-0.4, -0.2) is 46.3 Å². The first-order chi connectivity index (χ1) is 13.8. The van der Waals surface area contributed by atoms with E-state index >= 15 is 0 Å². The van der Waals surface area contributed by atoms with Crippen molar-refractivity contribution in [3.63, 3.8) is 0 Å². The molecule has 1 aromatic carbocycles. The van der Waals surface area contributed by atoms with E-state index in [1.54, 1.807) is 4.90 Å². The monoisotopic (exact) mass is 396 g/mol. The maximum absolute atomic E-state index is 12.7. The largest absolute Gasteiger partial charge is 0.457 e. The number of hydrogen-bond donors (Lipinski definition) is 0. The van der Waals surface area contributed by atoms with Crippen LogP contribution in [0.5, 0.6) is 0 Å². The number of ether oxygens (including phenoxy) is 1. The summed E-state index contributed by atoms with van der Waals surface area (Å²) in [5, 5.41) is 0. The molecule has 0 aliphatic carbocycles. The van der Waals surface area contributed by atoms with Crippen molar-refractivity contribution in [2.24, 2.45) is 5.92 Å². The molecule has 0 saturated carbocycles. The third kappa shape index (κ3) is 4.58. The predicted octanol–water partition coefficient (Wildman–Crippen LogP) is 3.14. The van der Waals surface area contributed by atoms with Crippen molar-refractivity contribution in [2.75, 3.05) is 13.2 Å². The first-order valence-corrected chi connectivity index (χ1v) is 9.98. The molecule has 2 heterocycles. The Morgan fingerprint density at radius 1 is 1.17 bits per heavy atom. The van der Waals surface area contributed by atoms with Gasteiger partial charge in [-0.2, -0.15) is 0 Å². The second-order valence-corrected chi connectivity index (χ2v) is 7.93. The van der Waals surface area contributed by atoms with Crippen LogP contribution in [0.4, 0.5) is 0 Å². The molecule has 1 atom stereocenters. The van der Waals surface area contributed by atoms with E-state index in [0.29, 0.717) is 18.7 Å². The number of amides is 1. The lowest BCUT2D eigenvalue weighted by Crippen LogP contribution is -2.33. The van der Waals surface area contributed by atoms with E-state index in [1.807, 2.05) is 64.1 Å². The summed E-state index contributed by atoms with van der Waals surface area (Å²) in [4.78, 5) is 38.7. The van der Waals surface area contributed by atoms with Gasteiger partial charge in [0.2, 0.25) is 11.7 Å². The molecular weight excluding hydrogens is 368 g/mol. The van der Waals surface area contributed by atoms with Gasteiger partial charge in [0, 0.05) is 42.5 Å². The van der Waals surface area contributed by atoms with Crippen LogP contribution in [0.2, 0.25) is 0 Å². The van der Waals surface area contributed by atoms with Gasteiger partial charge in [-0.15, -0.1) is 0 Å². The molecule has 1 aromatic heterocycles. The first kappa shape index (κ1) is 20.8. The Morgan fingerprint density at radius 2 is 1.86 bits per heavy atom. The van der Waals surface area contributed by atoms with Crippen LogP contribution >= 0.6 is 0 Å². The number of carbonyl (C=O) groups excluding carboxylic acids is 3. The van der Waals surface area contributed by atoms with Crippen molar-refractivity contribution < 1.29 is 19.1 Å². The number of carbonyl (C=O) groups is 3. The number of Topliss-reactive ketones (excluding diaryl/α,β-unsaturated/α-hetero) is 1. The molecule has 6 nitrogen and oxygen atoms in total. The van der Waals surface area contributed by atoms with Crippen molar-refractivity contribution >= 4 is 17.7 Å². The molecule has 2 aromatic rings. The van der Waals surface area contributed by atoms with E-state index in [9.17, 15) is 14.4 Å². The molecule has 1 saturated heterocycles. The highest BCUT2D eigenvalue weighted by Gasteiger charge is 2.36. The van der Waals surface area contributed by atoms with Gasteiger partial charge in [0.25, 0.3) is 0 Å². The average molecular weight is 396 g/mol. The SMILES string of the molecule is Cc1cc(C(=O)COC(=O)C2CC(=O)N(C(C)C)C2)c(C)n1Cc1ccccc1. The summed E-state index contributed by atoms with van der Waals surface area (Å²) >= 11 is 0. The summed E-state index contributed by atoms with van der Waals surface area (Å²) in [6, 6.07) is 11.9. The summed E-state index contributed by atoms with van der Waals surface area (Å²) in [6.07, 6.45) is 0.150. The quantitative estimate of drug-likeness (QED) is 0.533. The summed E-state index contributed by atoms with van der Waals surface area (Å²) in [5.41, 5.74) is 3.56. The second kappa shape index (κ2) is 8.64. The normalized spacial score (nSPS) is 16.5. The fraction of sp³-hybridized carbons (Fsp3) is 0.435. The number of hydrogen-bond acceptors (Lipinski definition) is 4. The number of aryl methyl sites for hydroxylation is 1. The Bertz CT molecular complexity index is 914. The maximum Gasteiger partial charge on any atom is 0.311 e. The number of nitrogens with zero attached hydrogens (tertiary/aromatic N) is 2. The highest BCUT2D eigenvalue weighted by Crippen LogP contribution is 2.22. The number of benzene rings is 1. The molecule has 0 radical (unpaired) electrons. The van der Waals surface area contributed by atoms with Crippen LogP contribution in [-0.2, 0) is 20.9 Å². The Balaban J connectivity index is 1.62. The zero-order valence-corrected chi connectivity index (χ0v) is 17.5. The molecule has 1 amide bonds. The first-order valence-electron chi connectivity index (χ1n) is 9.98. The van der Waals surface area contributed by atoms with Crippen molar-refractivity contribution in [1.82, 2.24) is 9.47 Å². The van der Waals surface area contributed by atoms with Gasteiger partial charge >= 0.3 is 5.97 Å². The lowest BCUT2D eigenvalue weighted by atomic mass is 10.1. The van der Waals surface area contributed by atoms with Gasteiger partial charge in [0.1, 0.15) is 0 Å². The third-order valence-electron chi connectivity index (χ3n) is 5.52. The smallest absolute Gasteiger partial charge is 0.311 e. The fourth-order valence-electron chi connectivity index (χ4n) is 3.81. The molecule has 1 aliphatic rings. The Hall–Kier alpha value is -2.89. The van der Waals surface area contributed by atoms with Gasteiger partial charge in [-0.1, -0.05) is 30.3 Å². The lowest BCUT2D eigenvalue weighted by Gasteiger charge is -2.20. The van der Waals surface area contributed by atoms with Gasteiger partial charge in [-0.3, -0.25) is 14.4 Å². The van der Waals surface area contributed by atoms with Gasteiger partial charge in [0.15, 0.2) is 6.61 Å². The molecule has 154 valence electrons. The Labute approximate surface area is 171 Å². The van der Waals surface area contributed by atoms with E-state index in [4.69, 9.17) is 4.74 Å². The molecule has 1 aliphatic heterocycles. The van der Waals surface area contributed by atoms with Crippen molar-refractivity contribution in [3.05, 3.63) is 58.9 Å². The number of esters is 1. The van der Waals surface area contributed by atoms with Crippen LogP contribution in [0, 0.1) is 19.8 Å². The van der Waals surface area contributed by atoms with E-state index in [1.165, 1.54) is 0 Å². The topological polar surface area (TPSA) is 68.6 Å². The molecule has 1 fully saturated rings. The highest BCUT2D eigenvalue weighted by molar-refractivity contribution is 5.99. The van der Waals surface area contributed by atoms with Gasteiger partial charge in [0.05, 0.1) is 5.92 Å². The zero-order valence-electron chi connectivity index (χ0n) is 17.5. The van der Waals surface area contributed by atoms with Crippen molar-refractivity contribution in [1.29, 1.82) is 0 Å². The molecule has 0 bridgehead atoms. The average Bonchev–Trinajstić information content (AvgIpc) is 3.22. The number of likely N-dealkylation sites (tertiary alicyclic amines) is 1. The molecule has 0 N–H and O–H groups in total.